The SMILES string of the molecule is CCCC(=O)Nc1ccc(SCC(=O)c2ccc(OC)c(OC)c2)cc1. The normalized spacial score (nSPS) is 10.3. The van der Waals surface area contributed by atoms with Crippen molar-refractivity contribution in [1.29, 1.82) is 0 Å². The topological polar surface area (TPSA) is 64.6 Å². The maximum Gasteiger partial charge on any atom is 0.224 e. The fraction of sp³-hybridized carbons (Fsp3) is 0.300. The van der Waals surface area contributed by atoms with Crippen LogP contribution in [-0.2, 0) is 4.79 Å². The van der Waals surface area contributed by atoms with Gasteiger partial charge in [-0.1, -0.05) is 6.92 Å². The molecule has 0 unspecified atom stereocenters. The molecule has 138 valence electrons. The van der Waals surface area contributed by atoms with Crippen LogP contribution < -0.4 is 14.8 Å². The van der Waals surface area contributed by atoms with E-state index in [-0.39, 0.29) is 11.7 Å². The molecule has 0 aromatic heterocycles. The molecule has 0 aliphatic rings. The average Bonchev–Trinajstić information content (AvgIpc) is 2.66. The second-order valence-electron chi connectivity index (χ2n) is 5.60. The summed E-state index contributed by atoms with van der Waals surface area (Å²) in [5.74, 6) is 1.47. The highest BCUT2D eigenvalue weighted by molar-refractivity contribution is 8.00. The van der Waals surface area contributed by atoms with Crippen molar-refractivity contribution >= 4 is 29.1 Å². The van der Waals surface area contributed by atoms with E-state index in [1.807, 2.05) is 31.2 Å². The summed E-state index contributed by atoms with van der Waals surface area (Å²) in [6.45, 7) is 1.97. The lowest BCUT2D eigenvalue weighted by atomic mass is 10.1. The lowest BCUT2D eigenvalue weighted by molar-refractivity contribution is -0.116. The van der Waals surface area contributed by atoms with Gasteiger partial charge in [0.1, 0.15) is 0 Å². The first-order valence-electron chi connectivity index (χ1n) is 8.35. The van der Waals surface area contributed by atoms with E-state index in [0.29, 0.717) is 29.2 Å². The van der Waals surface area contributed by atoms with Crippen LogP contribution >= 0.6 is 11.8 Å². The van der Waals surface area contributed by atoms with Gasteiger partial charge in [0.15, 0.2) is 17.3 Å². The number of amides is 1. The van der Waals surface area contributed by atoms with Gasteiger partial charge in [-0.05, 0) is 48.9 Å². The zero-order valence-electron chi connectivity index (χ0n) is 15.2. The molecule has 0 bridgehead atoms. The maximum atomic E-state index is 12.4. The summed E-state index contributed by atoms with van der Waals surface area (Å²) >= 11 is 1.45. The van der Waals surface area contributed by atoms with Gasteiger partial charge in [-0.2, -0.15) is 0 Å². The summed E-state index contributed by atoms with van der Waals surface area (Å²) in [7, 11) is 3.10. The first-order chi connectivity index (χ1) is 12.6. The first-order valence-corrected chi connectivity index (χ1v) is 9.34. The van der Waals surface area contributed by atoms with Gasteiger partial charge >= 0.3 is 0 Å². The number of anilines is 1. The van der Waals surface area contributed by atoms with Gasteiger partial charge in [-0.25, -0.2) is 0 Å². The molecule has 0 spiro atoms. The van der Waals surface area contributed by atoms with E-state index in [2.05, 4.69) is 5.32 Å². The Bertz CT molecular complexity index is 759. The van der Waals surface area contributed by atoms with Crippen LogP contribution in [0.3, 0.4) is 0 Å². The molecule has 0 fully saturated rings. The van der Waals surface area contributed by atoms with Crippen molar-refractivity contribution in [2.75, 3.05) is 25.3 Å². The van der Waals surface area contributed by atoms with Gasteiger partial charge in [0.05, 0.1) is 20.0 Å². The predicted octanol–water partition coefficient (Wildman–Crippen LogP) is 4.42. The Hall–Kier alpha value is -2.47. The van der Waals surface area contributed by atoms with Crippen molar-refractivity contribution < 1.29 is 19.1 Å². The highest BCUT2D eigenvalue weighted by Gasteiger charge is 2.11. The van der Waals surface area contributed by atoms with Crippen molar-refractivity contribution in [3.05, 3.63) is 48.0 Å². The van der Waals surface area contributed by atoms with E-state index in [0.717, 1.165) is 17.0 Å². The Labute approximate surface area is 158 Å². The van der Waals surface area contributed by atoms with E-state index in [9.17, 15) is 9.59 Å². The van der Waals surface area contributed by atoms with Crippen LogP contribution in [-0.4, -0.2) is 31.7 Å². The molecule has 6 heteroatoms. The molecule has 2 rings (SSSR count). The number of hydrogen-bond acceptors (Lipinski definition) is 5. The van der Waals surface area contributed by atoms with Crippen molar-refractivity contribution in [3.63, 3.8) is 0 Å². The van der Waals surface area contributed by atoms with E-state index in [1.165, 1.54) is 11.8 Å². The van der Waals surface area contributed by atoms with Crippen LogP contribution in [0.5, 0.6) is 11.5 Å². The predicted molar refractivity (Wildman–Crippen MR) is 105 cm³/mol. The van der Waals surface area contributed by atoms with Crippen molar-refractivity contribution in [1.82, 2.24) is 0 Å². The summed E-state index contributed by atoms with van der Waals surface area (Å²) in [5.41, 5.74) is 1.35. The Morgan fingerprint density at radius 1 is 1.00 bits per heavy atom. The highest BCUT2D eigenvalue weighted by Crippen LogP contribution is 2.29. The fourth-order valence-corrected chi connectivity index (χ4v) is 3.12. The molecular weight excluding hydrogens is 350 g/mol. The van der Waals surface area contributed by atoms with E-state index < -0.39 is 0 Å². The van der Waals surface area contributed by atoms with Gasteiger partial charge in [-0.3, -0.25) is 9.59 Å². The molecule has 26 heavy (non-hydrogen) atoms. The standard InChI is InChI=1S/C20H23NO4S/c1-4-5-20(23)21-15-7-9-16(10-8-15)26-13-17(22)14-6-11-18(24-2)19(12-14)25-3/h6-12H,4-5,13H2,1-3H3,(H,21,23). The Kier molecular flexibility index (Phi) is 7.53. The van der Waals surface area contributed by atoms with Gasteiger partial charge in [0, 0.05) is 22.6 Å². The van der Waals surface area contributed by atoms with E-state index >= 15 is 0 Å². The molecule has 0 radical (unpaired) electrons. The molecule has 1 N–H and O–H groups in total. The molecule has 0 aliphatic heterocycles. The number of carbonyl (C=O) groups is 2. The Balaban J connectivity index is 1.94. The Morgan fingerprint density at radius 3 is 2.31 bits per heavy atom. The van der Waals surface area contributed by atoms with Crippen LogP contribution in [0.1, 0.15) is 30.1 Å². The summed E-state index contributed by atoms with van der Waals surface area (Å²) in [5, 5.41) is 2.84. The Morgan fingerprint density at radius 2 is 1.69 bits per heavy atom. The number of methoxy groups -OCH3 is 2. The third-order valence-corrected chi connectivity index (χ3v) is 4.70. The zero-order chi connectivity index (χ0) is 18.9. The number of nitrogens with one attached hydrogen (secondary N) is 1. The minimum absolute atomic E-state index is 0.0104. The zero-order valence-corrected chi connectivity index (χ0v) is 16.0. The molecule has 0 saturated carbocycles. The van der Waals surface area contributed by atoms with Crippen LogP contribution in [0.15, 0.2) is 47.4 Å². The lowest BCUT2D eigenvalue weighted by Crippen LogP contribution is -2.10. The minimum atomic E-state index is 0.0104. The number of Topliss-reactive ketones (excluding diaryl/α,β-unsaturated/α-hetero) is 1. The van der Waals surface area contributed by atoms with Gasteiger partial charge in [-0.15, -0.1) is 11.8 Å². The second kappa shape index (κ2) is 9.87. The van der Waals surface area contributed by atoms with Crippen LogP contribution in [0.4, 0.5) is 5.69 Å². The third kappa shape index (κ3) is 5.52. The van der Waals surface area contributed by atoms with Crippen molar-refractivity contribution in [3.8, 4) is 11.5 Å². The summed E-state index contributed by atoms with van der Waals surface area (Å²) in [6, 6.07) is 12.6. The molecule has 0 heterocycles. The molecule has 5 nitrogen and oxygen atoms in total. The molecule has 0 atom stereocenters. The van der Waals surface area contributed by atoms with E-state index in [4.69, 9.17) is 9.47 Å². The monoisotopic (exact) mass is 373 g/mol. The first kappa shape index (κ1) is 19.8. The number of hydrogen-bond donors (Lipinski definition) is 1. The van der Waals surface area contributed by atoms with Crippen LogP contribution in [0.25, 0.3) is 0 Å². The molecule has 0 aliphatic carbocycles. The third-order valence-electron chi connectivity index (χ3n) is 3.69. The van der Waals surface area contributed by atoms with Crippen molar-refractivity contribution in [2.24, 2.45) is 0 Å². The summed E-state index contributed by atoms with van der Waals surface area (Å²) < 4.78 is 10.4. The molecule has 2 aromatic carbocycles. The van der Waals surface area contributed by atoms with Crippen molar-refractivity contribution in [2.45, 2.75) is 24.7 Å². The summed E-state index contributed by atoms with van der Waals surface area (Å²) in [4.78, 5) is 24.9. The molecule has 0 saturated heterocycles. The van der Waals surface area contributed by atoms with Crippen LogP contribution in [0.2, 0.25) is 0 Å². The molecule has 1 amide bonds. The second-order valence-corrected chi connectivity index (χ2v) is 6.65. The van der Waals surface area contributed by atoms with Gasteiger partial charge in [0.2, 0.25) is 5.91 Å². The average molecular weight is 373 g/mol. The minimum Gasteiger partial charge on any atom is -0.493 e. The highest BCUT2D eigenvalue weighted by atomic mass is 32.2. The molecule has 2 aromatic rings. The number of ketones is 1. The quantitative estimate of drug-likeness (QED) is 0.521. The maximum absolute atomic E-state index is 12.4. The van der Waals surface area contributed by atoms with Gasteiger partial charge in [0.25, 0.3) is 0 Å². The van der Waals surface area contributed by atoms with E-state index in [1.54, 1.807) is 32.4 Å². The smallest absolute Gasteiger partial charge is 0.224 e. The fourth-order valence-electron chi connectivity index (χ4n) is 2.33. The van der Waals surface area contributed by atoms with Crippen LogP contribution in [0, 0.1) is 0 Å². The number of thioether (sulfide) groups is 1. The molecular formula is C20H23NO4S. The summed E-state index contributed by atoms with van der Waals surface area (Å²) in [6.07, 6.45) is 1.33. The number of benzene rings is 2. The number of ether oxygens (including phenoxy) is 2. The number of rotatable bonds is 9. The largest absolute Gasteiger partial charge is 0.493 e. The van der Waals surface area contributed by atoms with Gasteiger partial charge < -0.3 is 14.8 Å². The lowest BCUT2D eigenvalue weighted by Gasteiger charge is -2.09. The number of carbonyl (C=O) groups excluding carboxylic acids is 2.